The van der Waals surface area contributed by atoms with Gasteiger partial charge in [0, 0.05) is 12.3 Å². The first kappa shape index (κ1) is 39.4. The molecule has 0 rings (SSSR count). The molecule has 0 saturated carbocycles. The van der Waals surface area contributed by atoms with E-state index in [4.69, 9.17) is 11.2 Å². The number of rotatable bonds is 15. The molecule has 0 bridgehead atoms. The Labute approximate surface area is 258 Å². The first-order valence-electron chi connectivity index (χ1n) is 10.8. The molecule has 8 nitrogen and oxygen atoms in total. The molecule has 0 fully saturated rings. The number of unbranched alkanes of at least 4 members (excludes halogenated alkanes) is 8. The summed E-state index contributed by atoms with van der Waals surface area (Å²) in [7, 11) is -5.50. The smallest absolute Gasteiger partial charge is 0.790 e. The zero-order valence-electron chi connectivity index (χ0n) is 21.1. The number of phosphoric acid groups is 1. The van der Waals surface area contributed by atoms with Crippen molar-refractivity contribution in [3.63, 3.8) is 0 Å². The van der Waals surface area contributed by atoms with Gasteiger partial charge in [-0.1, -0.05) is 58.3 Å². The number of hydrogen-bond acceptors (Lipinski definition) is 8. The summed E-state index contributed by atoms with van der Waals surface area (Å²) >= 11 is 0. The van der Waals surface area contributed by atoms with Gasteiger partial charge >= 0.3 is 71.1 Å². The number of terminal acetylenes is 1. The van der Waals surface area contributed by atoms with Gasteiger partial charge in [-0.15, -0.1) is 6.42 Å². The third-order valence-electron chi connectivity index (χ3n) is 3.96. The van der Waals surface area contributed by atoms with E-state index in [1.165, 1.54) is 25.7 Å². The predicted octanol–water partition coefficient (Wildman–Crippen LogP) is -4.18. The van der Waals surface area contributed by atoms with Crippen LogP contribution >= 0.6 is 7.82 Å². The predicted molar refractivity (Wildman–Crippen MR) is 121 cm³/mol. The summed E-state index contributed by atoms with van der Waals surface area (Å²) in [6.07, 6.45) is 12.4. The maximum atomic E-state index is 11.9. The minimum atomic E-state index is -5.50. The van der Waals surface area contributed by atoms with Crippen molar-refractivity contribution in [1.82, 2.24) is 0 Å². The van der Waals surface area contributed by atoms with Crippen LogP contribution in [-0.2, 0) is 28.2 Å². The van der Waals surface area contributed by atoms with Gasteiger partial charge in [0.15, 0.2) is 6.61 Å². The van der Waals surface area contributed by atoms with Crippen LogP contribution in [0.15, 0.2) is 0 Å². The number of ether oxygens (including phenoxy) is 2. The average molecular weight is 532 g/mol. The first-order valence-corrected chi connectivity index (χ1v) is 12.3. The van der Waals surface area contributed by atoms with Crippen molar-refractivity contribution < 1.29 is 97.1 Å². The second kappa shape index (κ2) is 26.9. The van der Waals surface area contributed by atoms with Crippen molar-refractivity contribution >= 4 is 19.8 Å². The summed E-state index contributed by atoms with van der Waals surface area (Å²) in [6.45, 7) is 1.33. The van der Waals surface area contributed by atoms with Crippen molar-refractivity contribution in [3.05, 3.63) is 0 Å². The molecule has 0 aromatic heterocycles. The molecular formula is C25H27Na2O8P. The number of carbonyl (C=O) groups excluding carboxylic acids is 2. The van der Waals surface area contributed by atoms with Crippen LogP contribution < -0.4 is 68.9 Å². The number of hydrogen-bond donors (Lipinski definition) is 0. The minimum absolute atomic E-state index is 0. The van der Waals surface area contributed by atoms with Gasteiger partial charge in [-0.25, -0.2) is 4.79 Å². The monoisotopic (exact) mass is 532 g/mol. The minimum Gasteiger partial charge on any atom is -0.790 e. The van der Waals surface area contributed by atoms with E-state index >= 15 is 0 Å². The van der Waals surface area contributed by atoms with Crippen LogP contribution in [0.5, 0.6) is 0 Å². The van der Waals surface area contributed by atoms with E-state index in [2.05, 4.69) is 63.5 Å². The molecule has 36 heavy (non-hydrogen) atoms. The van der Waals surface area contributed by atoms with E-state index in [9.17, 15) is 23.9 Å². The summed E-state index contributed by atoms with van der Waals surface area (Å²) in [5.74, 6) is 18.0. The second-order valence-corrected chi connectivity index (χ2v) is 7.90. The zero-order valence-corrected chi connectivity index (χ0v) is 26.0. The Hall–Kier alpha value is -1.15. The number of carbonyl (C=O) groups is 2. The van der Waals surface area contributed by atoms with Crippen molar-refractivity contribution in [2.45, 2.75) is 77.4 Å². The molecule has 0 aromatic rings. The van der Waals surface area contributed by atoms with Crippen LogP contribution in [-0.4, -0.2) is 24.8 Å². The van der Waals surface area contributed by atoms with Gasteiger partial charge in [0.05, 0.1) is 7.82 Å². The quantitative estimate of drug-likeness (QED) is 0.0396. The fourth-order valence-corrected chi connectivity index (χ4v) is 2.86. The molecule has 0 aliphatic carbocycles. The molecule has 0 aliphatic rings. The van der Waals surface area contributed by atoms with Gasteiger partial charge in [-0.3, -0.25) is 4.79 Å². The summed E-state index contributed by atoms with van der Waals surface area (Å²) in [5.41, 5.74) is 0. The Bertz CT molecular complexity index is 985. The average Bonchev–Trinajstić information content (AvgIpc) is 2.77. The van der Waals surface area contributed by atoms with Gasteiger partial charge < -0.3 is 28.3 Å². The Morgan fingerprint density at radius 1 is 0.833 bits per heavy atom. The van der Waals surface area contributed by atoms with Crippen molar-refractivity contribution in [3.8, 4) is 59.7 Å². The van der Waals surface area contributed by atoms with Crippen LogP contribution in [0.1, 0.15) is 71.1 Å². The molecule has 0 amide bonds. The summed E-state index contributed by atoms with van der Waals surface area (Å²) in [6, 6.07) is 0. The normalized spacial score (nSPS) is 9.72. The standard InChI is InChI=1S/C25H29O8P.2Na/c1-3-5-7-9-11-13-15-17-19-21-24(27)32-25(33-34(28,29)30)22-31-23(26)20-18-16-14-12-10-8-6-4-2;;/h2,25H,3,5,7,9,11,13,15,17,19,21-22H2,1H3,(H2,28,29,30);;/q;2*+1/p-2/t25-;;/m1../s1. The van der Waals surface area contributed by atoms with E-state index < -0.39 is 32.7 Å². The summed E-state index contributed by atoms with van der Waals surface area (Å²) < 4.78 is 24.5. The van der Waals surface area contributed by atoms with Crippen LogP contribution in [0.25, 0.3) is 0 Å². The van der Waals surface area contributed by atoms with E-state index in [-0.39, 0.29) is 65.5 Å². The molecule has 0 unspecified atom stereocenters. The molecule has 0 aromatic carbocycles. The third-order valence-corrected chi connectivity index (χ3v) is 4.45. The van der Waals surface area contributed by atoms with Crippen LogP contribution in [0.4, 0.5) is 0 Å². The van der Waals surface area contributed by atoms with Gasteiger partial charge in [0.2, 0.25) is 6.29 Å². The topological polar surface area (TPSA) is 125 Å². The first-order chi connectivity index (χ1) is 16.3. The Balaban J connectivity index is -0.00000544. The fourth-order valence-electron chi connectivity index (χ4n) is 2.47. The fraction of sp³-hybridized carbons (Fsp3) is 0.520. The SMILES string of the molecule is C#CC#CC#CC#CC#CC(=O)OC[C@H](OC(=O)CCCCCCCCCCC)OP(=O)([O-])[O-].[Na+].[Na+]. The summed E-state index contributed by atoms with van der Waals surface area (Å²) in [4.78, 5) is 45.2. The van der Waals surface area contributed by atoms with Crippen LogP contribution in [0.2, 0.25) is 0 Å². The molecule has 0 aliphatic heterocycles. The van der Waals surface area contributed by atoms with Gasteiger partial charge in [-0.05, 0) is 53.8 Å². The van der Waals surface area contributed by atoms with E-state index in [0.29, 0.717) is 6.42 Å². The zero-order chi connectivity index (χ0) is 25.5. The maximum absolute atomic E-state index is 11.9. The Morgan fingerprint density at radius 3 is 1.86 bits per heavy atom. The van der Waals surface area contributed by atoms with E-state index in [1.807, 2.05) is 5.92 Å². The largest absolute Gasteiger partial charge is 1.00 e. The second-order valence-electron chi connectivity index (χ2n) is 6.79. The summed E-state index contributed by atoms with van der Waals surface area (Å²) in [5, 5.41) is 0. The van der Waals surface area contributed by atoms with Gasteiger partial charge in [0.1, 0.15) is 0 Å². The van der Waals surface area contributed by atoms with Crippen molar-refractivity contribution in [2.75, 3.05) is 6.61 Å². The van der Waals surface area contributed by atoms with E-state index in [0.717, 1.165) is 25.7 Å². The molecule has 1 atom stereocenters. The van der Waals surface area contributed by atoms with Gasteiger partial charge in [-0.2, -0.15) is 0 Å². The van der Waals surface area contributed by atoms with Crippen LogP contribution in [0, 0.1) is 59.7 Å². The molecule has 0 heterocycles. The molecule has 0 saturated heterocycles. The molecule has 11 heteroatoms. The van der Waals surface area contributed by atoms with E-state index in [1.54, 1.807) is 0 Å². The number of phosphoric ester groups is 1. The molecule has 0 radical (unpaired) electrons. The van der Waals surface area contributed by atoms with Gasteiger partial charge in [0.25, 0.3) is 0 Å². The Kier molecular flexibility index (Phi) is 29.4. The number of esters is 2. The molecule has 0 spiro atoms. The van der Waals surface area contributed by atoms with Crippen molar-refractivity contribution in [1.29, 1.82) is 0 Å². The Morgan fingerprint density at radius 2 is 1.33 bits per heavy atom. The maximum Gasteiger partial charge on any atom is 1.00 e. The van der Waals surface area contributed by atoms with Crippen molar-refractivity contribution in [2.24, 2.45) is 0 Å². The molecular weight excluding hydrogens is 505 g/mol. The third kappa shape index (κ3) is 29.1. The van der Waals surface area contributed by atoms with Crippen LogP contribution in [0.3, 0.4) is 0 Å². The molecule has 0 N–H and O–H groups in total. The molecule has 182 valence electrons.